The van der Waals surface area contributed by atoms with Gasteiger partial charge in [0.15, 0.2) is 6.10 Å². The Labute approximate surface area is 105 Å². The molecule has 1 unspecified atom stereocenters. The fourth-order valence-corrected chi connectivity index (χ4v) is 1.37. The number of esters is 2. The third-order valence-electron chi connectivity index (χ3n) is 2.25. The standard InChI is InChI=1S/C13H16O5/c1-3-17-12(15)10-7-5-9(6-8-10)11(14)13(16)18-4-2/h5-8,11,14H,3-4H2,1-2H3. The van der Waals surface area contributed by atoms with Crippen molar-refractivity contribution in [3.8, 4) is 0 Å². The fraction of sp³-hybridized carbons (Fsp3) is 0.385. The maximum Gasteiger partial charge on any atom is 0.339 e. The van der Waals surface area contributed by atoms with Gasteiger partial charge in [-0.3, -0.25) is 0 Å². The van der Waals surface area contributed by atoms with Crippen LogP contribution in [0.5, 0.6) is 0 Å². The Morgan fingerprint density at radius 3 is 2.17 bits per heavy atom. The Kier molecular flexibility index (Phi) is 5.32. The minimum absolute atomic E-state index is 0.205. The average molecular weight is 252 g/mol. The van der Waals surface area contributed by atoms with E-state index in [9.17, 15) is 14.7 Å². The minimum atomic E-state index is -1.33. The van der Waals surface area contributed by atoms with Crippen LogP contribution in [-0.4, -0.2) is 30.3 Å². The average Bonchev–Trinajstić information content (AvgIpc) is 2.38. The van der Waals surface area contributed by atoms with Crippen molar-refractivity contribution in [1.29, 1.82) is 0 Å². The Morgan fingerprint density at radius 1 is 1.11 bits per heavy atom. The van der Waals surface area contributed by atoms with Crippen molar-refractivity contribution < 1.29 is 24.2 Å². The van der Waals surface area contributed by atoms with Crippen molar-refractivity contribution >= 4 is 11.9 Å². The van der Waals surface area contributed by atoms with E-state index in [1.165, 1.54) is 24.3 Å². The van der Waals surface area contributed by atoms with Crippen molar-refractivity contribution in [1.82, 2.24) is 0 Å². The second-order valence-corrected chi connectivity index (χ2v) is 3.50. The summed E-state index contributed by atoms with van der Waals surface area (Å²) in [5, 5.41) is 9.66. The maximum absolute atomic E-state index is 11.4. The summed E-state index contributed by atoms with van der Waals surface area (Å²) in [6.45, 7) is 3.88. The van der Waals surface area contributed by atoms with E-state index in [0.717, 1.165) is 0 Å². The summed E-state index contributed by atoms with van der Waals surface area (Å²) >= 11 is 0. The molecular formula is C13H16O5. The molecule has 1 N–H and O–H groups in total. The lowest BCUT2D eigenvalue weighted by molar-refractivity contribution is -0.153. The van der Waals surface area contributed by atoms with E-state index in [1.54, 1.807) is 13.8 Å². The number of hydrogen-bond acceptors (Lipinski definition) is 5. The highest BCUT2D eigenvalue weighted by atomic mass is 16.5. The van der Waals surface area contributed by atoms with Gasteiger partial charge < -0.3 is 14.6 Å². The molecule has 0 heterocycles. The summed E-state index contributed by atoms with van der Waals surface area (Å²) in [7, 11) is 0. The first-order valence-corrected chi connectivity index (χ1v) is 5.71. The predicted molar refractivity (Wildman–Crippen MR) is 64.0 cm³/mol. The molecule has 0 aromatic heterocycles. The maximum atomic E-state index is 11.4. The predicted octanol–water partition coefficient (Wildman–Crippen LogP) is 1.46. The first kappa shape index (κ1) is 14.2. The third-order valence-corrected chi connectivity index (χ3v) is 2.25. The van der Waals surface area contributed by atoms with Gasteiger partial charge in [-0.2, -0.15) is 0 Å². The highest BCUT2D eigenvalue weighted by molar-refractivity contribution is 5.89. The van der Waals surface area contributed by atoms with Crippen molar-refractivity contribution in [2.75, 3.05) is 13.2 Å². The zero-order chi connectivity index (χ0) is 13.5. The number of aliphatic hydroxyl groups is 1. The van der Waals surface area contributed by atoms with Crippen LogP contribution < -0.4 is 0 Å². The molecule has 0 radical (unpaired) electrons. The number of carbonyl (C=O) groups is 2. The highest BCUT2D eigenvalue weighted by Gasteiger charge is 2.18. The first-order valence-electron chi connectivity index (χ1n) is 5.71. The molecule has 0 bridgehead atoms. The molecule has 1 rings (SSSR count). The van der Waals surface area contributed by atoms with E-state index < -0.39 is 18.0 Å². The topological polar surface area (TPSA) is 72.8 Å². The summed E-state index contributed by atoms with van der Waals surface area (Å²) in [5.41, 5.74) is 0.748. The lowest BCUT2D eigenvalue weighted by Crippen LogP contribution is -2.15. The highest BCUT2D eigenvalue weighted by Crippen LogP contribution is 2.15. The Hall–Kier alpha value is -1.88. The Bertz CT molecular complexity index is 410. The van der Waals surface area contributed by atoms with Gasteiger partial charge in [-0.15, -0.1) is 0 Å². The molecular weight excluding hydrogens is 236 g/mol. The third kappa shape index (κ3) is 3.56. The first-order chi connectivity index (χ1) is 8.60. The molecule has 0 saturated heterocycles. The number of benzene rings is 1. The molecule has 98 valence electrons. The summed E-state index contributed by atoms with van der Waals surface area (Å²) in [4.78, 5) is 22.7. The van der Waals surface area contributed by atoms with Gasteiger partial charge in [-0.1, -0.05) is 12.1 Å². The van der Waals surface area contributed by atoms with Crippen LogP contribution in [0.25, 0.3) is 0 Å². The number of hydrogen-bond donors (Lipinski definition) is 1. The van der Waals surface area contributed by atoms with Crippen LogP contribution in [0, 0.1) is 0 Å². The molecule has 0 aliphatic heterocycles. The largest absolute Gasteiger partial charge is 0.464 e. The smallest absolute Gasteiger partial charge is 0.339 e. The molecule has 1 atom stereocenters. The lowest BCUT2D eigenvalue weighted by atomic mass is 10.1. The van der Waals surface area contributed by atoms with Gasteiger partial charge in [0.05, 0.1) is 18.8 Å². The number of rotatable bonds is 5. The van der Waals surface area contributed by atoms with Crippen LogP contribution in [0.3, 0.4) is 0 Å². The van der Waals surface area contributed by atoms with Crippen molar-refractivity contribution in [2.24, 2.45) is 0 Å². The molecule has 0 amide bonds. The molecule has 5 nitrogen and oxygen atoms in total. The Morgan fingerprint density at radius 2 is 1.67 bits per heavy atom. The molecule has 0 aliphatic rings. The zero-order valence-electron chi connectivity index (χ0n) is 10.4. The van der Waals surface area contributed by atoms with Crippen LogP contribution in [0.4, 0.5) is 0 Å². The van der Waals surface area contributed by atoms with E-state index in [1.807, 2.05) is 0 Å². The van der Waals surface area contributed by atoms with Gasteiger partial charge in [0.25, 0.3) is 0 Å². The van der Waals surface area contributed by atoms with Crippen LogP contribution in [-0.2, 0) is 14.3 Å². The monoisotopic (exact) mass is 252 g/mol. The summed E-state index contributed by atoms with van der Waals surface area (Å²) < 4.78 is 9.51. The van der Waals surface area contributed by atoms with Crippen molar-refractivity contribution in [2.45, 2.75) is 20.0 Å². The van der Waals surface area contributed by atoms with Gasteiger partial charge in [0, 0.05) is 0 Å². The van der Waals surface area contributed by atoms with E-state index in [2.05, 4.69) is 0 Å². The molecule has 0 saturated carbocycles. The number of ether oxygens (including phenoxy) is 2. The molecule has 18 heavy (non-hydrogen) atoms. The quantitative estimate of drug-likeness (QED) is 0.803. The molecule has 0 aliphatic carbocycles. The van der Waals surface area contributed by atoms with E-state index >= 15 is 0 Å². The molecule has 0 spiro atoms. The molecule has 5 heteroatoms. The molecule has 1 aromatic carbocycles. The number of carbonyl (C=O) groups excluding carboxylic acids is 2. The van der Waals surface area contributed by atoms with Crippen LogP contribution in [0.1, 0.15) is 35.9 Å². The van der Waals surface area contributed by atoms with Gasteiger partial charge in [0.2, 0.25) is 0 Å². The van der Waals surface area contributed by atoms with Crippen LogP contribution in [0.15, 0.2) is 24.3 Å². The van der Waals surface area contributed by atoms with Crippen molar-refractivity contribution in [3.63, 3.8) is 0 Å². The molecule has 0 fully saturated rings. The van der Waals surface area contributed by atoms with E-state index in [0.29, 0.717) is 17.7 Å². The van der Waals surface area contributed by atoms with Gasteiger partial charge in [-0.05, 0) is 31.5 Å². The van der Waals surface area contributed by atoms with Crippen molar-refractivity contribution in [3.05, 3.63) is 35.4 Å². The summed E-state index contributed by atoms with van der Waals surface area (Å²) in [6.07, 6.45) is -1.33. The van der Waals surface area contributed by atoms with E-state index in [-0.39, 0.29) is 6.61 Å². The summed E-state index contributed by atoms with van der Waals surface area (Å²) in [5.74, 6) is -1.14. The van der Waals surface area contributed by atoms with Gasteiger partial charge in [0.1, 0.15) is 0 Å². The SMILES string of the molecule is CCOC(=O)c1ccc(C(O)C(=O)OCC)cc1. The minimum Gasteiger partial charge on any atom is -0.464 e. The van der Waals surface area contributed by atoms with Gasteiger partial charge >= 0.3 is 11.9 Å². The lowest BCUT2D eigenvalue weighted by Gasteiger charge is -2.10. The van der Waals surface area contributed by atoms with Gasteiger partial charge in [-0.25, -0.2) is 9.59 Å². The molecule has 1 aromatic rings. The second kappa shape index (κ2) is 6.76. The Balaban J connectivity index is 2.76. The summed E-state index contributed by atoms with van der Waals surface area (Å²) in [6, 6.07) is 5.98. The number of aliphatic hydroxyl groups excluding tert-OH is 1. The van der Waals surface area contributed by atoms with Crippen LogP contribution in [0.2, 0.25) is 0 Å². The van der Waals surface area contributed by atoms with E-state index in [4.69, 9.17) is 9.47 Å². The fourth-order valence-electron chi connectivity index (χ4n) is 1.37. The van der Waals surface area contributed by atoms with Crippen LogP contribution >= 0.6 is 0 Å². The normalized spacial score (nSPS) is 11.7. The second-order valence-electron chi connectivity index (χ2n) is 3.50. The zero-order valence-corrected chi connectivity index (χ0v) is 10.4.